The maximum absolute atomic E-state index is 14.7. The largest absolute Gasteiger partial charge is 0.493 e. The molecule has 0 saturated heterocycles. The second-order valence-electron chi connectivity index (χ2n) is 11.9. The lowest BCUT2D eigenvalue weighted by Gasteiger charge is -2.34. The van der Waals surface area contributed by atoms with Crippen molar-refractivity contribution in [1.29, 1.82) is 0 Å². The van der Waals surface area contributed by atoms with E-state index in [1.54, 1.807) is 42.5 Å². The average Bonchev–Trinajstić information content (AvgIpc) is 3.09. The Kier molecular flexibility index (Phi) is 13.0. The Balaban J connectivity index is 1.85. The van der Waals surface area contributed by atoms with E-state index in [-0.39, 0.29) is 35.2 Å². The van der Waals surface area contributed by atoms with E-state index in [0.717, 1.165) is 15.4 Å². The van der Waals surface area contributed by atoms with Crippen molar-refractivity contribution in [3.63, 3.8) is 0 Å². The SMILES string of the molecule is COc1ccc(S(=O)(=O)N(CC(=O)N(Cc2c(Cl)cccc2Cl)[C@H](Cc2ccccc2)C(=O)NCC(C)C)c2ccc(C)cc2)cc1OC. The first-order chi connectivity index (χ1) is 23.3. The Labute approximate surface area is 298 Å². The van der Waals surface area contributed by atoms with Gasteiger partial charge in [0, 0.05) is 41.2 Å². The van der Waals surface area contributed by atoms with Crippen molar-refractivity contribution in [1.82, 2.24) is 10.2 Å². The highest BCUT2D eigenvalue weighted by molar-refractivity contribution is 7.92. The molecule has 0 aliphatic heterocycles. The maximum Gasteiger partial charge on any atom is 0.264 e. The number of sulfonamides is 1. The highest BCUT2D eigenvalue weighted by Crippen LogP contribution is 2.33. The molecule has 0 unspecified atom stereocenters. The number of anilines is 1. The van der Waals surface area contributed by atoms with Gasteiger partial charge >= 0.3 is 0 Å². The molecule has 1 N–H and O–H groups in total. The Morgan fingerprint density at radius 2 is 1.47 bits per heavy atom. The zero-order valence-electron chi connectivity index (χ0n) is 28.2. The molecule has 0 spiro atoms. The van der Waals surface area contributed by atoms with Gasteiger partial charge in [0.25, 0.3) is 10.0 Å². The van der Waals surface area contributed by atoms with Crippen LogP contribution in [0.15, 0.2) is 95.9 Å². The lowest BCUT2D eigenvalue weighted by Crippen LogP contribution is -2.53. The molecule has 0 radical (unpaired) electrons. The molecule has 4 rings (SSSR count). The first kappa shape index (κ1) is 37.6. The van der Waals surface area contributed by atoms with Crippen LogP contribution in [-0.2, 0) is 32.6 Å². The van der Waals surface area contributed by atoms with E-state index in [2.05, 4.69) is 5.32 Å². The third-order valence-electron chi connectivity index (χ3n) is 7.89. The van der Waals surface area contributed by atoms with E-state index in [0.29, 0.717) is 27.9 Å². The van der Waals surface area contributed by atoms with Gasteiger partial charge in [-0.1, -0.05) is 91.1 Å². The van der Waals surface area contributed by atoms with Crippen LogP contribution in [0.5, 0.6) is 11.5 Å². The van der Waals surface area contributed by atoms with Crippen LogP contribution in [0.2, 0.25) is 10.0 Å². The van der Waals surface area contributed by atoms with Crippen molar-refractivity contribution in [3.8, 4) is 11.5 Å². The molecular weight excluding hydrogens is 685 g/mol. The summed E-state index contributed by atoms with van der Waals surface area (Å²) in [6.45, 7) is 5.41. The Bertz CT molecular complexity index is 1830. The number of methoxy groups -OCH3 is 2. The standard InChI is InChI=1S/C37H41Cl2N3O6S/c1-25(2)22-40-37(44)33(20-27-10-7-6-8-11-27)41(23-30-31(38)12-9-13-32(30)39)36(43)24-42(28-16-14-26(3)15-17-28)49(45,46)29-18-19-34(47-4)35(21-29)48-5/h6-19,21,25,33H,20,22-24H2,1-5H3,(H,40,44)/t33-/m1/s1. The van der Waals surface area contributed by atoms with Crippen LogP contribution in [0.1, 0.15) is 30.5 Å². The van der Waals surface area contributed by atoms with Crippen LogP contribution in [0.25, 0.3) is 0 Å². The Hall–Kier alpha value is -4.25. The zero-order chi connectivity index (χ0) is 35.7. The minimum Gasteiger partial charge on any atom is -0.493 e. The van der Waals surface area contributed by atoms with Crippen molar-refractivity contribution in [2.45, 2.75) is 44.7 Å². The number of hydrogen-bond donors (Lipinski definition) is 1. The van der Waals surface area contributed by atoms with Crippen molar-refractivity contribution < 1.29 is 27.5 Å². The van der Waals surface area contributed by atoms with Crippen LogP contribution in [0.4, 0.5) is 5.69 Å². The van der Waals surface area contributed by atoms with Crippen LogP contribution in [0.3, 0.4) is 0 Å². The van der Waals surface area contributed by atoms with E-state index < -0.39 is 34.4 Å². The summed E-state index contributed by atoms with van der Waals surface area (Å²) >= 11 is 13.2. The second kappa shape index (κ2) is 16.9. The minimum atomic E-state index is -4.37. The van der Waals surface area contributed by atoms with E-state index in [9.17, 15) is 18.0 Å². The van der Waals surface area contributed by atoms with Gasteiger partial charge in [-0.15, -0.1) is 0 Å². The molecule has 0 aliphatic carbocycles. The molecule has 2 amide bonds. The van der Waals surface area contributed by atoms with Gasteiger partial charge in [-0.25, -0.2) is 8.42 Å². The number of benzene rings is 4. The van der Waals surface area contributed by atoms with Crippen LogP contribution < -0.4 is 19.1 Å². The van der Waals surface area contributed by atoms with Crippen molar-refractivity contribution >= 4 is 50.7 Å². The smallest absolute Gasteiger partial charge is 0.264 e. The number of ether oxygens (including phenoxy) is 2. The monoisotopic (exact) mass is 725 g/mol. The van der Waals surface area contributed by atoms with Crippen molar-refractivity contribution in [2.24, 2.45) is 5.92 Å². The molecule has 4 aromatic carbocycles. The summed E-state index contributed by atoms with van der Waals surface area (Å²) in [4.78, 5) is 29.9. The first-order valence-corrected chi connectivity index (χ1v) is 17.9. The number of amides is 2. The normalized spacial score (nSPS) is 11.9. The number of nitrogens with zero attached hydrogens (tertiary/aromatic N) is 2. The lowest BCUT2D eigenvalue weighted by molar-refractivity contribution is -0.140. The first-order valence-electron chi connectivity index (χ1n) is 15.7. The fourth-order valence-corrected chi connectivity index (χ4v) is 7.12. The number of hydrogen-bond acceptors (Lipinski definition) is 6. The number of carbonyl (C=O) groups is 2. The number of carbonyl (C=O) groups excluding carboxylic acids is 2. The minimum absolute atomic E-state index is 0.116. The summed E-state index contributed by atoms with van der Waals surface area (Å²) < 4.78 is 40.6. The van der Waals surface area contributed by atoms with Gasteiger partial charge in [0.2, 0.25) is 11.8 Å². The van der Waals surface area contributed by atoms with E-state index >= 15 is 0 Å². The molecule has 0 bridgehead atoms. The van der Waals surface area contributed by atoms with Crippen molar-refractivity contribution in [2.75, 3.05) is 31.6 Å². The Morgan fingerprint density at radius 1 is 0.837 bits per heavy atom. The molecule has 1 atom stereocenters. The third-order valence-corrected chi connectivity index (χ3v) is 10.4. The summed E-state index contributed by atoms with van der Waals surface area (Å²) in [5, 5.41) is 3.58. The number of nitrogens with one attached hydrogen (secondary N) is 1. The topological polar surface area (TPSA) is 105 Å². The van der Waals surface area contributed by atoms with Crippen LogP contribution in [-0.4, -0.2) is 58.5 Å². The van der Waals surface area contributed by atoms with E-state index in [1.165, 1.54) is 37.3 Å². The second-order valence-corrected chi connectivity index (χ2v) is 14.6. The predicted octanol–water partition coefficient (Wildman–Crippen LogP) is 6.93. The van der Waals surface area contributed by atoms with Crippen LogP contribution in [0, 0.1) is 12.8 Å². The van der Waals surface area contributed by atoms with E-state index in [4.69, 9.17) is 32.7 Å². The summed E-state index contributed by atoms with van der Waals surface area (Å²) in [7, 11) is -1.51. The molecule has 0 heterocycles. The lowest BCUT2D eigenvalue weighted by atomic mass is 10.0. The molecule has 0 aliphatic rings. The van der Waals surface area contributed by atoms with Crippen LogP contribution >= 0.6 is 23.2 Å². The zero-order valence-corrected chi connectivity index (χ0v) is 30.5. The maximum atomic E-state index is 14.7. The summed E-state index contributed by atoms with van der Waals surface area (Å²) in [5.74, 6) is -0.330. The van der Waals surface area contributed by atoms with E-state index in [1.807, 2.05) is 51.1 Å². The Morgan fingerprint density at radius 3 is 2.06 bits per heavy atom. The average molecular weight is 727 g/mol. The molecule has 0 saturated carbocycles. The van der Waals surface area contributed by atoms with Gasteiger partial charge in [-0.05, 0) is 54.8 Å². The molecule has 260 valence electrons. The van der Waals surface area contributed by atoms with Gasteiger partial charge in [-0.3, -0.25) is 13.9 Å². The molecule has 49 heavy (non-hydrogen) atoms. The number of aryl methyl sites for hydroxylation is 1. The number of halogens is 2. The molecular formula is C37H41Cl2N3O6S. The molecule has 0 fully saturated rings. The summed E-state index contributed by atoms with van der Waals surface area (Å²) in [6, 6.07) is 24.3. The van der Waals surface area contributed by atoms with Gasteiger partial charge in [-0.2, -0.15) is 0 Å². The highest BCUT2D eigenvalue weighted by Gasteiger charge is 2.35. The van der Waals surface area contributed by atoms with Gasteiger partial charge in [0.05, 0.1) is 24.8 Å². The van der Waals surface area contributed by atoms with Gasteiger partial charge in [0.1, 0.15) is 12.6 Å². The molecule has 0 aromatic heterocycles. The third kappa shape index (κ3) is 9.47. The molecule has 4 aromatic rings. The summed E-state index contributed by atoms with van der Waals surface area (Å²) in [5.41, 5.74) is 2.40. The highest BCUT2D eigenvalue weighted by atomic mass is 35.5. The van der Waals surface area contributed by atoms with Crippen molar-refractivity contribution in [3.05, 3.63) is 118 Å². The molecule has 9 nitrogen and oxygen atoms in total. The van der Waals surface area contributed by atoms with Gasteiger partial charge < -0.3 is 19.7 Å². The fraction of sp³-hybridized carbons (Fsp3) is 0.297. The fourth-order valence-electron chi connectivity index (χ4n) is 5.17. The quantitative estimate of drug-likeness (QED) is 0.143. The predicted molar refractivity (Wildman–Crippen MR) is 194 cm³/mol. The number of rotatable bonds is 15. The van der Waals surface area contributed by atoms with Gasteiger partial charge in [0.15, 0.2) is 11.5 Å². The summed E-state index contributed by atoms with van der Waals surface area (Å²) in [6.07, 6.45) is 0.158. The molecule has 12 heteroatoms.